The Bertz CT molecular complexity index is 685. The molecule has 0 saturated carbocycles. The van der Waals surface area contributed by atoms with Gasteiger partial charge in [0.1, 0.15) is 12.1 Å². The number of benzene rings is 1. The first-order chi connectivity index (χ1) is 12.4. The van der Waals surface area contributed by atoms with Crippen LogP contribution in [0.15, 0.2) is 30.3 Å². The van der Waals surface area contributed by atoms with E-state index >= 15 is 0 Å². The van der Waals surface area contributed by atoms with Gasteiger partial charge in [-0.2, -0.15) is 0 Å². The molecule has 0 aromatic heterocycles. The van der Waals surface area contributed by atoms with Gasteiger partial charge in [0.25, 0.3) is 5.91 Å². The summed E-state index contributed by atoms with van der Waals surface area (Å²) in [6.07, 6.45) is 1.78. The van der Waals surface area contributed by atoms with Crippen LogP contribution in [-0.2, 0) is 15.1 Å². The number of likely N-dealkylation sites (tertiary alicyclic amines) is 1. The molecule has 0 spiro atoms. The molecular formula is C19H26N4O3. The highest BCUT2D eigenvalue weighted by atomic mass is 16.2. The number of nitrogens with one attached hydrogen (secondary N) is 2. The molecule has 1 unspecified atom stereocenters. The number of imide groups is 1. The minimum absolute atomic E-state index is 0.103. The Labute approximate surface area is 153 Å². The molecule has 0 aliphatic carbocycles. The van der Waals surface area contributed by atoms with Crippen molar-refractivity contribution >= 4 is 17.8 Å². The standard InChI is InChI=1S/C19H26N4O3/c1-3-22-11-9-15(10-12-22)20-16(24)13-23-17(25)19(2,21-18(23)26)14-7-5-4-6-8-14/h4-8,15H,3,9-13H2,1-2H3,(H,20,24)(H,21,26). The first-order valence-electron chi connectivity index (χ1n) is 9.15. The summed E-state index contributed by atoms with van der Waals surface area (Å²) in [5, 5.41) is 5.68. The zero-order valence-corrected chi connectivity index (χ0v) is 15.3. The van der Waals surface area contributed by atoms with Gasteiger partial charge in [-0.25, -0.2) is 4.79 Å². The van der Waals surface area contributed by atoms with E-state index in [4.69, 9.17) is 0 Å². The number of hydrogen-bond acceptors (Lipinski definition) is 4. The van der Waals surface area contributed by atoms with Gasteiger partial charge >= 0.3 is 6.03 Å². The van der Waals surface area contributed by atoms with E-state index in [9.17, 15) is 14.4 Å². The van der Waals surface area contributed by atoms with E-state index in [2.05, 4.69) is 22.5 Å². The average Bonchev–Trinajstić information content (AvgIpc) is 2.87. The highest BCUT2D eigenvalue weighted by Gasteiger charge is 2.49. The van der Waals surface area contributed by atoms with Crippen LogP contribution in [0.3, 0.4) is 0 Å². The Morgan fingerprint density at radius 3 is 2.50 bits per heavy atom. The van der Waals surface area contributed by atoms with Crippen LogP contribution in [0.2, 0.25) is 0 Å². The van der Waals surface area contributed by atoms with Gasteiger partial charge in [0.15, 0.2) is 0 Å². The zero-order chi connectivity index (χ0) is 18.7. The number of rotatable bonds is 5. The average molecular weight is 358 g/mol. The number of carbonyl (C=O) groups excluding carboxylic acids is 3. The van der Waals surface area contributed by atoms with Gasteiger partial charge < -0.3 is 15.5 Å². The van der Waals surface area contributed by atoms with E-state index in [1.807, 2.05) is 18.2 Å². The Balaban J connectivity index is 1.60. The van der Waals surface area contributed by atoms with Crippen LogP contribution in [0.5, 0.6) is 0 Å². The van der Waals surface area contributed by atoms with Crippen molar-refractivity contribution in [1.29, 1.82) is 0 Å². The zero-order valence-electron chi connectivity index (χ0n) is 15.3. The van der Waals surface area contributed by atoms with Crippen molar-refractivity contribution in [1.82, 2.24) is 20.4 Å². The third-order valence-electron chi connectivity index (χ3n) is 5.33. The molecule has 26 heavy (non-hydrogen) atoms. The van der Waals surface area contributed by atoms with E-state index in [0.29, 0.717) is 5.56 Å². The van der Waals surface area contributed by atoms with Crippen LogP contribution in [0.4, 0.5) is 4.79 Å². The van der Waals surface area contributed by atoms with Crippen molar-refractivity contribution in [2.24, 2.45) is 0 Å². The summed E-state index contributed by atoms with van der Waals surface area (Å²) in [5.41, 5.74) is -0.432. The van der Waals surface area contributed by atoms with Gasteiger partial charge in [-0.1, -0.05) is 37.3 Å². The first-order valence-corrected chi connectivity index (χ1v) is 9.15. The van der Waals surface area contributed by atoms with E-state index < -0.39 is 17.5 Å². The van der Waals surface area contributed by atoms with Crippen molar-refractivity contribution in [3.8, 4) is 0 Å². The number of nitrogens with zero attached hydrogens (tertiary/aromatic N) is 2. The molecule has 2 aliphatic heterocycles. The highest BCUT2D eigenvalue weighted by molar-refractivity contribution is 6.09. The summed E-state index contributed by atoms with van der Waals surface area (Å²) < 4.78 is 0. The fraction of sp³-hybridized carbons (Fsp3) is 0.526. The van der Waals surface area contributed by atoms with Crippen LogP contribution in [0, 0.1) is 0 Å². The molecule has 3 rings (SSSR count). The Morgan fingerprint density at radius 1 is 1.23 bits per heavy atom. The molecule has 7 nitrogen and oxygen atoms in total. The van der Waals surface area contributed by atoms with E-state index in [-0.39, 0.29) is 18.5 Å². The molecule has 0 bridgehead atoms. The maximum atomic E-state index is 12.8. The van der Waals surface area contributed by atoms with E-state index in [1.54, 1.807) is 19.1 Å². The maximum absolute atomic E-state index is 12.8. The first kappa shape index (κ1) is 18.4. The van der Waals surface area contributed by atoms with Gasteiger partial charge in [-0.3, -0.25) is 14.5 Å². The number of carbonyl (C=O) groups is 3. The quantitative estimate of drug-likeness (QED) is 0.771. The van der Waals surface area contributed by atoms with E-state index in [1.165, 1.54) is 0 Å². The Kier molecular flexibility index (Phi) is 5.27. The third kappa shape index (κ3) is 3.58. The lowest BCUT2D eigenvalue weighted by molar-refractivity contribution is -0.135. The molecule has 2 fully saturated rings. The van der Waals surface area contributed by atoms with Crippen LogP contribution in [-0.4, -0.2) is 59.9 Å². The number of amides is 4. The SMILES string of the molecule is CCN1CCC(NC(=O)CN2C(=O)NC(C)(c3ccccc3)C2=O)CC1. The lowest BCUT2D eigenvalue weighted by atomic mass is 9.92. The molecular weight excluding hydrogens is 332 g/mol. The predicted octanol–water partition coefficient (Wildman–Crippen LogP) is 1.05. The van der Waals surface area contributed by atoms with Crippen LogP contribution in [0.25, 0.3) is 0 Å². The molecule has 1 atom stereocenters. The van der Waals surface area contributed by atoms with Crippen molar-refractivity contribution in [3.63, 3.8) is 0 Å². The summed E-state index contributed by atoms with van der Waals surface area (Å²) in [5.74, 6) is -0.689. The summed E-state index contributed by atoms with van der Waals surface area (Å²) >= 11 is 0. The van der Waals surface area contributed by atoms with E-state index in [0.717, 1.165) is 37.4 Å². The largest absolute Gasteiger partial charge is 0.352 e. The Morgan fingerprint density at radius 2 is 1.88 bits per heavy atom. The molecule has 1 aromatic rings. The van der Waals surface area contributed by atoms with Gasteiger partial charge in [0.05, 0.1) is 0 Å². The smallest absolute Gasteiger partial charge is 0.325 e. The minimum Gasteiger partial charge on any atom is -0.352 e. The highest BCUT2D eigenvalue weighted by Crippen LogP contribution is 2.28. The van der Waals surface area contributed by atoms with Gasteiger partial charge in [-0.15, -0.1) is 0 Å². The lowest BCUT2D eigenvalue weighted by Crippen LogP contribution is -2.48. The number of hydrogen-bond donors (Lipinski definition) is 2. The van der Waals surface area contributed by atoms with Gasteiger partial charge in [-0.05, 0) is 31.9 Å². The fourth-order valence-electron chi connectivity index (χ4n) is 3.62. The summed E-state index contributed by atoms with van der Waals surface area (Å²) in [4.78, 5) is 40.8. The van der Waals surface area contributed by atoms with Crippen LogP contribution in [0.1, 0.15) is 32.3 Å². The molecule has 2 saturated heterocycles. The third-order valence-corrected chi connectivity index (χ3v) is 5.33. The summed E-state index contributed by atoms with van der Waals surface area (Å²) in [6.45, 7) is 6.47. The predicted molar refractivity (Wildman–Crippen MR) is 97.3 cm³/mol. The van der Waals surface area contributed by atoms with Gasteiger partial charge in [0, 0.05) is 19.1 Å². The van der Waals surface area contributed by atoms with Gasteiger partial charge in [0.2, 0.25) is 5.91 Å². The molecule has 2 heterocycles. The van der Waals surface area contributed by atoms with Crippen LogP contribution >= 0.6 is 0 Å². The normalized spacial score (nSPS) is 24.6. The lowest BCUT2D eigenvalue weighted by Gasteiger charge is -2.31. The maximum Gasteiger partial charge on any atom is 0.325 e. The monoisotopic (exact) mass is 358 g/mol. The molecule has 4 amide bonds. The summed E-state index contributed by atoms with van der Waals surface area (Å²) in [6, 6.07) is 8.65. The second kappa shape index (κ2) is 7.45. The molecule has 2 N–H and O–H groups in total. The Hall–Kier alpha value is -2.41. The second-order valence-electron chi connectivity index (χ2n) is 7.09. The van der Waals surface area contributed by atoms with Crippen molar-refractivity contribution in [2.45, 2.75) is 38.3 Å². The number of urea groups is 1. The molecule has 140 valence electrons. The molecule has 7 heteroatoms. The topological polar surface area (TPSA) is 81.8 Å². The second-order valence-corrected chi connectivity index (χ2v) is 7.09. The summed E-state index contributed by atoms with van der Waals surface area (Å²) in [7, 11) is 0. The van der Waals surface area contributed by atoms with Crippen molar-refractivity contribution < 1.29 is 14.4 Å². The fourth-order valence-corrected chi connectivity index (χ4v) is 3.62. The molecule has 1 aromatic carbocycles. The molecule has 0 radical (unpaired) electrons. The van der Waals surface area contributed by atoms with Crippen molar-refractivity contribution in [2.75, 3.05) is 26.2 Å². The minimum atomic E-state index is -1.13. The number of piperidine rings is 1. The molecule has 2 aliphatic rings. The van der Waals surface area contributed by atoms with Crippen LogP contribution < -0.4 is 10.6 Å². The van der Waals surface area contributed by atoms with Crippen molar-refractivity contribution in [3.05, 3.63) is 35.9 Å².